The Hall–Kier alpha value is -2.47. The summed E-state index contributed by atoms with van der Waals surface area (Å²) in [6.07, 6.45) is 1.11. The summed E-state index contributed by atoms with van der Waals surface area (Å²) in [5, 5.41) is 9.01. The van der Waals surface area contributed by atoms with Crippen LogP contribution in [0.4, 0.5) is 5.69 Å². The molecule has 2 N–H and O–H groups in total. The van der Waals surface area contributed by atoms with E-state index in [0.717, 1.165) is 17.0 Å². The van der Waals surface area contributed by atoms with Crippen LogP contribution < -0.4 is 5.43 Å². The third kappa shape index (κ3) is 3.03. The number of hydrogen-bond acceptors (Lipinski definition) is 3. The smallest absolute Gasteiger partial charge is 0.335 e. The number of aromatic carboxylic acids is 1. The molecule has 1 aliphatic heterocycles. The van der Waals surface area contributed by atoms with Gasteiger partial charge >= 0.3 is 5.97 Å². The van der Waals surface area contributed by atoms with Crippen LogP contribution in [-0.2, 0) is 4.79 Å². The molecule has 0 saturated heterocycles. The molecule has 0 radical (unpaired) electrons. The lowest BCUT2D eigenvalue weighted by molar-refractivity contribution is -0.496. The number of hydrogen-bond donors (Lipinski definition) is 2. The van der Waals surface area contributed by atoms with Gasteiger partial charge in [0.2, 0.25) is 11.4 Å². The first-order valence-electron chi connectivity index (χ1n) is 7.32. The zero-order chi connectivity index (χ0) is 16.6. The van der Waals surface area contributed by atoms with E-state index in [1.807, 2.05) is 0 Å². The van der Waals surface area contributed by atoms with Crippen molar-refractivity contribution in [2.75, 3.05) is 0 Å². The minimum absolute atomic E-state index is 0.0411. The van der Waals surface area contributed by atoms with Crippen molar-refractivity contribution in [2.45, 2.75) is 26.7 Å². The van der Waals surface area contributed by atoms with Crippen LogP contribution in [0.3, 0.4) is 0 Å². The van der Waals surface area contributed by atoms with Crippen LogP contribution in [0.25, 0.3) is 0 Å². The molecule has 1 aromatic carbocycles. The summed E-state index contributed by atoms with van der Waals surface area (Å²) in [5.41, 5.74) is 6.03. The van der Waals surface area contributed by atoms with E-state index in [9.17, 15) is 9.59 Å². The maximum Gasteiger partial charge on any atom is 0.335 e. The molecule has 0 fully saturated rings. The van der Waals surface area contributed by atoms with Crippen LogP contribution in [0.1, 0.15) is 38.5 Å². The van der Waals surface area contributed by atoms with E-state index in [1.54, 1.807) is 40.3 Å². The third-order valence-electron chi connectivity index (χ3n) is 3.82. The van der Waals surface area contributed by atoms with Crippen molar-refractivity contribution >= 4 is 34.6 Å². The molecule has 0 bridgehead atoms. The summed E-state index contributed by atoms with van der Waals surface area (Å²) in [6, 6.07) is 8.64. The second kappa shape index (κ2) is 5.96. The summed E-state index contributed by atoms with van der Waals surface area (Å²) < 4.78 is 1.77. The quantitative estimate of drug-likeness (QED) is 0.851. The Bertz CT molecular complexity index is 819. The number of carboxylic acids is 1. The van der Waals surface area contributed by atoms with Crippen LogP contribution >= 0.6 is 11.3 Å². The highest BCUT2D eigenvalue weighted by Crippen LogP contribution is 2.26. The Morgan fingerprint density at radius 1 is 1.22 bits per heavy atom. The highest BCUT2D eigenvalue weighted by Gasteiger charge is 2.30. The predicted octanol–water partition coefficient (Wildman–Crippen LogP) is 3.02. The second-order valence-corrected chi connectivity index (χ2v) is 6.96. The molecule has 1 aromatic heterocycles. The summed E-state index contributed by atoms with van der Waals surface area (Å²) in [4.78, 5) is 25.3. The number of hydrazone groups is 1. The van der Waals surface area contributed by atoms with Crippen molar-refractivity contribution in [3.05, 3.63) is 51.2 Å². The molecule has 2 aromatic rings. The molecule has 0 saturated carbocycles. The van der Waals surface area contributed by atoms with Crippen molar-refractivity contribution in [1.29, 1.82) is 0 Å². The van der Waals surface area contributed by atoms with Gasteiger partial charge in [0.1, 0.15) is 0 Å². The summed E-state index contributed by atoms with van der Waals surface area (Å²) in [5.74, 6) is -1.01. The Morgan fingerprint density at radius 3 is 2.48 bits per heavy atom. The number of nitrogens with one attached hydrogen (secondary N) is 1. The van der Waals surface area contributed by atoms with Crippen molar-refractivity contribution in [2.24, 2.45) is 0 Å². The zero-order valence-corrected chi connectivity index (χ0v) is 13.7. The highest BCUT2D eigenvalue weighted by atomic mass is 32.1. The average molecular weight is 329 g/mol. The van der Waals surface area contributed by atoms with E-state index in [1.165, 1.54) is 9.75 Å². The predicted molar refractivity (Wildman–Crippen MR) is 88.6 cm³/mol. The highest BCUT2D eigenvalue weighted by molar-refractivity contribution is 7.12. The fourth-order valence-electron chi connectivity index (χ4n) is 2.74. The van der Waals surface area contributed by atoms with Crippen LogP contribution in [0.2, 0.25) is 0 Å². The number of amides is 1. The van der Waals surface area contributed by atoms with Gasteiger partial charge in [-0.15, -0.1) is 16.8 Å². The number of rotatable bonds is 3. The monoisotopic (exact) mass is 329 g/mol. The molecule has 118 valence electrons. The van der Waals surface area contributed by atoms with Gasteiger partial charge in [-0.25, -0.2) is 4.79 Å². The zero-order valence-electron chi connectivity index (χ0n) is 12.9. The molecular formula is C17H17N2O3S+. The van der Waals surface area contributed by atoms with E-state index >= 15 is 0 Å². The lowest BCUT2D eigenvalue weighted by Gasteiger charge is -2.14. The number of carbonyl (C=O) groups is 2. The first-order valence-corrected chi connectivity index (χ1v) is 8.13. The Balaban J connectivity index is 2.11. The van der Waals surface area contributed by atoms with E-state index < -0.39 is 5.97 Å². The molecule has 1 aliphatic rings. The maximum atomic E-state index is 11.8. The van der Waals surface area contributed by atoms with E-state index in [-0.39, 0.29) is 11.5 Å². The van der Waals surface area contributed by atoms with Gasteiger partial charge in [-0.05, 0) is 32.0 Å². The van der Waals surface area contributed by atoms with Gasteiger partial charge in [-0.1, -0.05) is 4.68 Å². The van der Waals surface area contributed by atoms with Gasteiger partial charge in [0.05, 0.1) is 11.1 Å². The summed E-state index contributed by atoms with van der Waals surface area (Å²) in [7, 11) is 0. The molecule has 6 heteroatoms. The maximum absolute atomic E-state index is 11.8. The number of carboxylic acid groups (broad SMARTS) is 1. The largest absolute Gasteiger partial charge is 0.478 e. The van der Waals surface area contributed by atoms with Crippen molar-refractivity contribution < 1.29 is 19.4 Å². The molecule has 23 heavy (non-hydrogen) atoms. The fourth-order valence-corrected chi connectivity index (χ4v) is 3.68. The fraction of sp³-hybridized carbons (Fsp3) is 0.235. The lowest BCUT2D eigenvalue weighted by Crippen LogP contribution is -2.40. The van der Waals surface area contributed by atoms with Gasteiger partial charge in [-0.3, -0.25) is 4.79 Å². The Morgan fingerprint density at radius 2 is 1.91 bits per heavy atom. The van der Waals surface area contributed by atoms with Gasteiger partial charge in [0.25, 0.3) is 5.91 Å². The average Bonchev–Trinajstić information content (AvgIpc) is 2.86. The van der Waals surface area contributed by atoms with E-state index in [4.69, 9.17) is 5.11 Å². The van der Waals surface area contributed by atoms with Gasteiger partial charge < -0.3 is 5.11 Å². The molecule has 0 spiro atoms. The van der Waals surface area contributed by atoms with E-state index in [2.05, 4.69) is 25.3 Å². The Labute approximate surface area is 137 Å². The van der Waals surface area contributed by atoms with Crippen LogP contribution in [-0.4, -0.2) is 27.4 Å². The van der Waals surface area contributed by atoms with Crippen molar-refractivity contribution in [3.8, 4) is 0 Å². The number of carbonyl (C=O) groups excluding carboxylic acids is 1. The first-order chi connectivity index (χ1) is 11.0. The minimum atomic E-state index is -0.965. The van der Waals surface area contributed by atoms with Gasteiger partial charge in [-0.2, -0.15) is 0 Å². The summed E-state index contributed by atoms with van der Waals surface area (Å²) >= 11 is 1.73. The SMILES string of the molecule is Cc1cc(C2=[N+](c3ccc(C(=O)O)cc3)NC(=O)CC2)c(C)s1. The molecular weight excluding hydrogens is 312 g/mol. The van der Waals surface area contributed by atoms with Crippen molar-refractivity contribution in [3.63, 3.8) is 0 Å². The molecule has 0 atom stereocenters. The third-order valence-corrected chi connectivity index (χ3v) is 4.79. The number of nitrogens with zero attached hydrogens (tertiary/aromatic N) is 1. The molecule has 1 amide bonds. The Kier molecular flexibility index (Phi) is 4.00. The molecule has 5 nitrogen and oxygen atoms in total. The standard InChI is InChI=1S/C17H16N2O3S/c1-10-9-14(11(2)23-10)15-7-8-16(20)18-19(15)13-5-3-12(4-6-13)17(21)22/h3-6,9H,7-8H2,1-2H3,(H-,18,20,21,22)/p+1. The normalized spacial score (nSPS) is 14.8. The van der Waals surface area contributed by atoms with E-state index in [0.29, 0.717) is 12.8 Å². The molecule has 3 rings (SSSR count). The molecule has 2 heterocycles. The van der Waals surface area contributed by atoms with Gasteiger partial charge in [0.15, 0.2) is 0 Å². The van der Waals surface area contributed by atoms with Crippen LogP contribution in [0.5, 0.6) is 0 Å². The number of hydrazine groups is 1. The van der Waals surface area contributed by atoms with Crippen LogP contribution in [0.15, 0.2) is 30.3 Å². The topological polar surface area (TPSA) is 69.4 Å². The van der Waals surface area contributed by atoms with Crippen LogP contribution in [0, 0.1) is 13.8 Å². The van der Waals surface area contributed by atoms with Crippen molar-refractivity contribution in [1.82, 2.24) is 5.43 Å². The number of benzene rings is 1. The minimum Gasteiger partial charge on any atom is -0.478 e. The number of thiophene rings is 1. The van der Waals surface area contributed by atoms with Gasteiger partial charge in [0, 0.05) is 34.7 Å². The molecule has 0 aliphatic carbocycles. The molecule has 0 unspecified atom stereocenters. The first kappa shape index (κ1) is 15.4. The second-order valence-electron chi connectivity index (χ2n) is 5.50. The lowest BCUT2D eigenvalue weighted by atomic mass is 10.0. The number of aryl methyl sites for hydroxylation is 2. The summed E-state index contributed by atoms with van der Waals surface area (Å²) in [6.45, 7) is 4.14.